The molecule has 0 unspecified atom stereocenters. The van der Waals surface area contributed by atoms with Crippen LogP contribution in [0.1, 0.15) is 56.3 Å². The molecule has 0 N–H and O–H groups in total. The molecular weight excluding hydrogens is 370 g/mol. The molecule has 0 aromatic carbocycles. The number of likely N-dealkylation sites (tertiary alicyclic amines) is 1. The predicted molar refractivity (Wildman–Crippen MR) is 108 cm³/mol. The Bertz CT molecular complexity index is 952. The fourth-order valence-corrected chi connectivity index (χ4v) is 4.49. The molecule has 2 aromatic heterocycles. The van der Waals surface area contributed by atoms with Gasteiger partial charge in [-0.1, -0.05) is 0 Å². The summed E-state index contributed by atoms with van der Waals surface area (Å²) in [4.78, 5) is 29.9. The number of ether oxygens (including phenoxy) is 1. The van der Waals surface area contributed by atoms with E-state index >= 15 is 0 Å². The Balaban J connectivity index is 1.56. The summed E-state index contributed by atoms with van der Waals surface area (Å²) < 4.78 is 9.06. The summed E-state index contributed by atoms with van der Waals surface area (Å²) in [6.45, 7) is 7.80. The molecule has 2 aliphatic heterocycles. The number of aromatic nitrogens is 3. The van der Waals surface area contributed by atoms with Crippen molar-refractivity contribution in [2.24, 2.45) is 7.05 Å². The minimum Gasteiger partial charge on any atom is -0.383 e. The van der Waals surface area contributed by atoms with E-state index in [2.05, 4.69) is 9.67 Å². The lowest BCUT2D eigenvalue weighted by Gasteiger charge is -2.18. The summed E-state index contributed by atoms with van der Waals surface area (Å²) in [6.07, 6.45) is 2.09. The van der Waals surface area contributed by atoms with Gasteiger partial charge in [0.1, 0.15) is 0 Å². The van der Waals surface area contributed by atoms with Crippen LogP contribution in [-0.4, -0.2) is 62.8 Å². The maximum Gasteiger partial charge on any atom is 0.274 e. The average Bonchev–Trinajstić information content (AvgIpc) is 3.46. The van der Waals surface area contributed by atoms with E-state index < -0.39 is 0 Å². The SMILES string of the molecule is COCCn1c(C)cc(C(=O)N2Cc3c(C(=O)N4CCCC4)nn(C)c3C2)c1C. The zero-order chi connectivity index (χ0) is 20.7. The van der Waals surface area contributed by atoms with Gasteiger partial charge in [0.2, 0.25) is 0 Å². The van der Waals surface area contributed by atoms with Gasteiger partial charge in [-0.25, -0.2) is 0 Å². The van der Waals surface area contributed by atoms with Crippen LogP contribution in [0.15, 0.2) is 6.07 Å². The van der Waals surface area contributed by atoms with Crippen molar-refractivity contribution in [3.05, 3.63) is 40.0 Å². The molecule has 29 heavy (non-hydrogen) atoms. The summed E-state index contributed by atoms with van der Waals surface area (Å²) in [6, 6.07) is 1.95. The zero-order valence-electron chi connectivity index (χ0n) is 17.7. The number of fused-ring (bicyclic) bond motifs is 1. The van der Waals surface area contributed by atoms with Crippen molar-refractivity contribution in [1.29, 1.82) is 0 Å². The summed E-state index contributed by atoms with van der Waals surface area (Å²) >= 11 is 0. The number of amides is 2. The van der Waals surface area contributed by atoms with Crippen LogP contribution in [0.3, 0.4) is 0 Å². The number of methoxy groups -OCH3 is 1. The van der Waals surface area contributed by atoms with E-state index in [1.807, 2.05) is 36.8 Å². The van der Waals surface area contributed by atoms with Gasteiger partial charge in [0.25, 0.3) is 11.8 Å². The highest BCUT2D eigenvalue weighted by Crippen LogP contribution is 2.29. The van der Waals surface area contributed by atoms with Gasteiger partial charge >= 0.3 is 0 Å². The maximum atomic E-state index is 13.3. The van der Waals surface area contributed by atoms with Crippen LogP contribution in [0.5, 0.6) is 0 Å². The van der Waals surface area contributed by atoms with Gasteiger partial charge in [-0.2, -0.15) is 5.10 Å². The van der Waals surface area contributed by atoms with Gasteiger partial charge in [0, 0.05) is 50.7 Å². The summed E-state index contributed by atoms with van der Waals surface area (Å²) in [7, 11) is 3.53. The number of rotatable bonds is 5. The first-order chi connectivity index (χ1) is 13.9. The van der Waals surface area contributed by atoms with Gasteiger partial charge in [0.05, 0.1) is 31.0 Å². The highest BCUT2D eigenvalue weighted by molar-refractivity contribution is 5.97. The molecule has 8 heteroatoms. The van der Waals surface area contributed by atoms with Crippen molar-refractivity contribution in [2.75, 3.05) is 26.8 Å². The lowest BCUT2D eigenvalue weighted by molar-refractivity contribution is 0.0735. The van der Waals surface area contributed by atoms with Gasteiger partial charge in [-0.05, 0) is 32.8 Å². The largest absolute Gasteiger partial charge is 0.383 e. The Morgan fingerprint density at radius 3 is 2.52 bits per heavy atom. The maximum absolute atomic E-state index is 13.3. The lowest BCUT2D eigenvalue weighted by Crippen LogP contribution is -2.30. The topological polar surface area (TPSA) is 72.6 Å². The fourth-order valence-electron chi connectivity index (χ4n) is 4.49. The standard InChI is InChI=1S/C21H29N5O3/c1-14-11-16(15(2)26(14)9-10-29-4)20(27)25-12-17-18(13-25)23(3)22-19(17)21(28)24-7-5-6-8-24/h11H,5-10,12-13H2,1-4H3. The van der Waals surface area contributed by atoms with Crippen LogP contribution < -0.4 is 0 Å². The second kappa shape index (κ2) is 7.67. The van der Waals surface area contributed by atoms with Crippen molar-refractivity contribution >= 4 is 11.8 Å². The minimum atomic E-state index is -0.00797. The average molecular weight is 399 g/mol. The number of aryl methyl sites for hydroxylation is 2. The van der Waals surface area contributed by atoms with Crippen LogP contribution in [0, 0.1) is 13.8 Å². The van der Waals surface area contributed by atoms with Crippen molar-refractivity contribution in [3.63, 3.8) is 0 Å². The third-order valence-electron chi connectivity index (χ3n) is 6.17. The smallest absolute Gasteiger partial charge is 0.274 e. The molecule has 0 saturated carbocycles. The molecule has 1 fully saturated rings. The van der Waals surface area contributed by atoms with E-state index in [0.717, 1.165) is 55.1 Å². The molecule has 0 bridgehead atoms. The Labute approximate surface area is 171 Å². The summed E-state index contributed by atoms with van der Waals surface area (Å²) in [5, 5.41) is 4.48. The lowest BCUT2D eigenvalue weighted by atomic mass is 10.2. The number of hydrogen-bond acceptors (Lipinski definition) is 4. The van der Waals surface area contributed by atoms with E-state index in [1.165, 1.54) is 0 Å². The Morgan fingerprint density at radius 2 is 1.83 bits per heavy atom. The molecule has 0 radical (unpaired) electrons. The Morgan fingerprint density at radius 1 is 1.10 bits per heavy atom. The molecular formula is C21H29N5O3. The first kappa shape index (κ1) is 19.7. The molecule has 4 rings (SSSR count). The van der Waals surface area contributed by atoms with Crippen LogP contribution >= 0.6 is 0 Å². The molecule has 4 heterocycles. The van der Waals surface area contributed by atoms with Crippen LogP contribution in [0.2, 0.25) is 0 Å². The predicted octanol–water partition coefficient (Wildman–Crippen LogP) is 1.88. The number of carbonyl (C=O) groups excluding carboxylic acids is 2. The molecule has 8 nitrogen and oxygen atoms in total. The van der Waals surface area contributed by atoms with Gasteiger partial charge in [-0.3, -0.25) is 14.3 Å². The van der Waals surface area contributed by atoms with Gasteiger partial charge < -0.3 is 19.1 Å². The van der Waals surface area contributed by atoms with E-state index in [4.69, 9.17) is 4.74 Å². The quantitative estimate of drug-likeness (QED) is 0.770. The molecule has 0 atom stereocenters. The highest BCUT2D eigenvalue weighted by atomic mass is 16.5. The van der Waals surface area contributed by atoms with E-state index in [1.54, 1.807) is 11.8 Å². The molecule has 0 aliphatic carbocycles. The Kier molecular flexibility index (Phi) is 5.21. The van der Waals surface area contributed by atoms with Crippen LogP contribution in [-0.2, 0) is 31.4 Å². The Hall–Kier alpha value is -2.61. The van der Waals surface area contributed by atoms with Crippen molar-refractivity contribution in [1.82, 2.24) is 24.1 Å². The number of nitrogens with zero attached hydrogens (tertiary/aromatic N) is 5. The molecule has 2 aliphatic rings. The second-order valence-electron chi connectivity index (χ2n) is 7.99. The third-order valence-corrected chi connectivity index (χ3v) is 6.17. The second-order valence-corrected chi connectivity index (χ2v) is 7.99. The van der Waals surface area contributed by atoms with Crippen molar-refractivity contribution in [2.45, 2.75) is 46.3 Å². The van der Waals surface area contributed by atoms with E-state index in [9.17, 15) is 9.59 Å². The van der Waals surface area contributed by atoms with Crippen molar-refractivity contribution in [3.8, 4) is 0 Å². The number of hydrogen-bond donors (Lipinski definition) is 0. The molecule has 0 spiro atoms. The zero-order valence-corrected chi connectivity index (χ0v) is 17.7. The number of carbonyl (C=O) groups is 2. The van der Waals surface area contributed by atoms with Crippen molar-refractivity contribution < 1.29 is 14.3 Å². The van der Waals surface area contributed by atoms with Crippen LogP contribution in [0.25, 0.3) is 0 Å². The summed E-state index contributed by atoms with van der Waals surface area (Å²) in [5.41, 5.74) is 5.07. The molecule has 1 saturated heterocycles. The fraction of sp³-hybridized carbons (Fsp3) is 0.571. The third kappa shape index (κ3) is 3.35. The normalized spacial score (nSPS) is 16.0. The van der Waals surface area contributed by atoms with Gasteiger partial charge in [-0.15, -0.1) is 0 Å². The molecule has 2 amide bonds. The van der Waals surface area contributed by atoms with Crippen LogP contribution in [0.4, 0.5) is 0 Å². The molecule has 2 aromatic rings. The first-order valence-corrected chi connectivity index (χ1v) is 10.2. The minimum absolute atomic E-state index is 0.00228. The van der Waals surface area contributed by atoms with Gasteiger partial charge in [0.15, 0.2) is 5.69 Å². The van der Waals surface area contributed by atoms with E-state index in [-0.39, 0.29) is 11.8 Å². The monoisotopic (exact) mass is 399 g/mol. The summed E-state index contributed by atoms with van der Waals surface area (Å²) in [5.74, 6) is -0.0102. The first-order valence-electron chi connectivity index (χ1n) is 10.2. The molecule has 156 valence electrons. The van der Waals surface area contributed by atoms with E-state index in [0.29, 0.717) is 31.0 Å². The highest BCUT2D eigenvalue weighted by Gasteiger charge is 2.35.